The van der Waals surface area contributed by atoms with Crippen molar-refractivity contribution in [2.24, 2.45) is 0 Å². The van der Waals surface area contributed by atoms with Crippen LogP contribution in [0.4, 0.5) is 5.69 Å². The van der Waals surface area contributed by atoms with E-state index in [2.05, 4.69) is 27.3 Å². The van der Waals surface area contributed by atoms with E-state index in [-0.39, 0.29) is 0 Å². The van der Waals surface area contributed by atoms with Crippen molar-refractivity contribution in [1.29, 1.82) is 5.26 Å². The second-order valence-electron chi connectivity index (χ2n) is 3.82. The summed E-state index contributed by atoms with van der Waals surface area (Å²) in [7, 11) is 1.64. The molecule has 4 heteroatoms. The highest BCUT2D eigenvalue weighted by atomic mass is 79.9. The predicted molar refractivity (Wildman–Crippen MR) is 68.3 cm³/mol. The molecule has 0 aliphatic heterocycles. The Morgan fingerprint density at radius 1 is 1.44 bits per heavy atom. The average Bonchev–Trinajstić information content (AvgIpc) is 2.30. The molecule has 0 saturated heterocycles. The predicted octanol–water partition coefficient (Wildman–Crippen LogP) is 3.18. The number of anilines is 1. The van der Waals surface area contributed by atoms with Crippen LogP contribution >= 0.6 is 15.9 Å². The van der Waals surface area contributed by atoms with Crippen LogP contribution in [-0.4, -0.2) is 19.3 Å². The first kappa shape index (κ1) is 13.0. The van der Waals surface area contributed by atoms with Gasteiger partial charge >= 0.3 is 0 Å². The van der Waals surface area contributed by atoms with Gasteiger partial charge in [-0.25, -0.2) is 0 Å². The van der Waals surface area contributed by atoms with E-state index < -0.39 is 5.54 Å². The molecule has 0 aromatic heterocycles. The van der Waals surface area contributed by atoms with Gasteiger partial charge < -0.3 is 10.1 Å². The zero-order valence-electron chi connectivity index (χ0n) is 9.46. The molecule has 1 aromatic carbocycles. The highest BCUT2D eigenvalue weighted by Crippen LogP contribution is 2.20. The van der Waals surface area contributed by atoms with E-state index in [1.807, 2.05) is 31.2 Å². The molecular formula is C12H15BrN2O. The summed E-state index contributed by atoms with van der Waals surface area (Å²) in [6, 6.07) is 10.0. The van der Waals surface area contributed by atoms with Crippen molar-refractivity contribution >= 4 is 21.6 Å². The lowest BCUT2D eigenvalue weighted by molar-refractivity contribution is 0.184. The largest absolute Gasteiger partial charge is 0.385 e. The molecule has 0 spiro atoms. The van der Waals surface area contributed by atoms with Gasteiger partial charge in [0.15, 0.2) is 0 Å². The number of methoxy groups -OCH3 is 1. The normalized spacial score (nSPS) is 13.9. The Morgan fingerprint density at radius 2 is 2.06 bits per heavy atom. The number of halogens is 1. The first-order valence-electron chi connectivity index (χ1n) is 5.03. The molecule has 0 bridgehead atoms. The van der Waals surface area contributed by atoms with Crippen molar-refractivity contribution in [1.82, 2.24) is 0 Å². The zero-order chi connectivity index (χ0) is 12.0. The molecule has 1 atom stereocenters. The van der Waals surface area contributed by atoms with E-state index in [1.54, 1.807) is 7.11 Å². The van der Waals surface area contributed by atoms with Crippen LogP contribution in [0.1, 0.15) is 13.3 Å². The number of rotatable bonds is 5. The lowest BCUT2D eigenvalue weighted by atomic mass is 10.00. The molecule has 0 fully saturated rings. The van der Waals surface area contributed by atoms with Crippen LogP contribution in [0.5, 0.6) is 0 Å². The van der Waals surface area contributed by atoms with Crippen LogP contribution < -0.4 is 5.32 Å². The fourth-order valence-corrected chi connectivity index (χ4v) is 1.57. The van der Waals surface area contributed by atoms with Gasteiger partial charge in [0.2, 0.25) is 0 Å². The van der Waals surface area contributed by atoms with Crippen LogP contribution in [0.2, 0.25) is 0 Å². The van der Waals surface area contributed by atoms with E-state index in [0.717, 1.165) is 10.2 Å². The SMILES string of the molecule is COCCC(C)(C#N)Nc1ccc(Br)cc1. The van der Waals surface area contributed by atoms with Gasteiger partial charge in [-0.15, -0.1) is 0 Å². The van der Waals surface area contributed by atoms with Gasteiger partial charge in [-0.1, -0.05) is 15.9 Å². The molecular weight excluding hydrogens is 268 g/mol. The average molecular weight is 283 g/mol. The minimum Gasteiger partial charge on any atom is -0.385 e. The van der Waals surface area contributed by atoms with E-state index >= 15 is 0 Å². The minimum atomic E-state index is -0.593. The van der Waals surface area contributed by atoms with E-state index in [1.165, 1.54) is 0 Å². The standard InChI is InChI=1S/C12H15BrN2O/c1-12(9-14,7-8-16-2)15-11-5-3-10(13)4-6-11/h3-6,15H,7-8H2,1-2H3. The van der Waals surface area contributed by atoms with E-state index in [4.69, 9.17) is 10.00 Å². The van der Waals surface area contributed by atoms with Gasteiger partial charge in [0.25, 0.3) is 0 Å². The monoisotopic (exact) mass is 282 g/mol. The highest BCUT2D eigenvalue weighted by molar-refractivity contribution is 9.10. The maximum atomic E-state index is 9.15. The number of nitriles is 1. The Bertz CT molecular complexity index is 372. The Balaban J connectivity index is 2.69. The lowest BCUT2D eigenvalue weighted by Gasteiger charge is -2.24. The van der Waals surface area contributed by atoms with Crippen molar-refractivity contribution in [3.8, 4) is 6.07 Å². The number of hydrogen-bond donors (Lipinski definition) is 1. The topological polar surface area (TPSA) is 45.0 Å². The summed E-state index contributed by atoms with van der Waals surface area (Å²) < 4.78 is 6.02. The molecule has 1 aromatic rings. The first-order chi connectivity index (χ1) is 7.59. The van der Waals surface area contributed by atoms with Crippen LogP contribution in [-0.2, 0) is 4.74 Å². The fourth-order valence-electron chi connectivity index (χ4n) is 1.30. The molecule has 0 amide bonds. The first-order valence-corrected chi connectivity index (χ1v) is 5.83. The van der Waals surface area contributed by atoms with Crippen molar-refractivity contribution < 1.29 is 4.74 Å². The zero-order valence-corrected chi connectivity index (χ0v) is 11.0. The molecule has 0 heterocycles. The summed E-state index contributed by atoms with van der Waals surface area (Å²) in [5.41, 5.74) is 0.340. The summed E-state index contributed by atoms with van der Waals surface area (Å²) in [4.78, 5) is 0. The lowest BCUT2D eigenvalue weighted by Crippen LogP contribution is -2.34. The van der Waals surface area contributed by atoms with Crippen LogP contribution in [0.3, 0.4) is 0 Å². The summed E-state index contributed by atoms with van der Waals surface area (Å²) in [6.07, 6.45) is 0.649. The van der Waals surface area contributed by atoms with Crippen molar-refractivity contribution in [2.45, 2.75) is 18.9 Å². The second-order valence-corrected chi connectivity index (χ2v) is 4.73. The van der Waals surface area contributed by atoms with Crippen molar-refractivity contribution in [2.75, 3.05) is 19.0 Å². The maximum Gasteiger partial charge on any atom is 0.124 e. The fraction of sp³-hybridized carbons (Fsp3) is 0.417. The number of ether oxygens (including phenoxy) is 1. The van der Waals surface area contributed by atoms with Gasteiger partial charge in [-0.2, -0.15) is 5.26 Å². The van der Waals surface area contributed by atoms with Gasteiger partial charge in [0, 0.05) is 30.3 Å². The van der Waals surface area contributed by atoms with Gasteiger partial charge in [0.05, 0.1) is 6.07 Å². The Kier molecular flexibility index (Phi) is 4.78. The molecule has 0 saturated carbocycles. The van der Waals surface area contributed by atoms with Gasteiger partial charge in [-0.3, -0.25) is 0 Å². The second kappa shape index (κ2) is 5.88. The summed E-state index contributed by atoms with van der Waals surface area (Å²) in [6.45, 7) is 2.43. The molecule has 1 rings (SSSR count). The van der Waals surface area contributed by atoms with Crippen molar-refractivity contribution in [3.63, 3.8) is 0 Å². The third kappa shape index (κ3) is 3.84. The highest BCUT2D eigenvalue weighted by Gasteiger charge is 2.22. The smallest absolute Gasteiger partial charge is 0.124 e. The summed E-state index contributed by atoms with van der Waals surface area (Å²) in [5.74, 6) is 0. The van der Waals surface area contributed by atoms with E-state index in [0.29, 0.717) is 13.0 Å². The number of nitrogens with one attached hydrogen (secondary N) is 1. The Hall–Kier alpha value is -1.05. The summed E-state index contributed by atoms with van der Waals surface area (Å²) in [5, 5.41) is 12.4. The molecule has 0 radical (unpaired) electrons. The molecule has 3 nitrogen and oxygen atoms in total. The molecule has 1 N–H and O–H groups in total. The quantitative estimate of drug-likeness (QED) is 0.902. The van der Waals surface area contributed by atoms with Crippen LogP contribution in [0.15, 0.2) is 28.7 Å². The van der Waals surface area contributed by atoms with Gasteiger partial charge in [0.1, 0.15) is 5.54 Å². The Labute approximate surface area is 105 Å². The molecule has 0 aliphatic rings. The summed E-state index contributed by atoms with van der Waals surface area (Å²) >= 11 is 3.37. The third-order valence-electron chi connectivity index (χ3n) is 2.32. The minimum absolute atomic E-state index is 0.563. The van der Waals surface area contributed by atoms with E-state index in [9.17, 15) is 0 Å². The number of benzene rings is 1. The van der Waals surface area contributed by atoms with Crippen LogP contribution in [0.25, 0.3) is 0 Å². The van der Waals surface area contributed by atoms with Crippen LogP contribution in [0, 0.1) is 11.3 Å². The molecule has 16 heavy (non-hydrogen) atoms. The number of hydrogen-bond acceptors (Lipinski definition) is 3. The Morgan fingerprint density at radius 3 is 2.56 bits per heavy atom. The molecule has 0 aliphatic carbocycles. The molecule has 1 unspecified atom stereocenters. The molecule has 86 valence electrons. The number of nitrogens with zero attached hydrogens (tertiary/aromatic N) is 1. The van der Waals surface area contributed by atoms with Gasteiger partial charge in [-0.05, 0) is 31.2 Å². The maximum absolute atomic E-state index is 9.15. The van der Waals surface area contributed by atoms with Crippen molar-refractivity contribution in [3.05, 3.63) is 28.7 Å². The third-order valence-corrected chi connectivity index (χ3v) is 2.85.